The van der Waals surface area contributed by atoms with Gasteiger partial charge in [-0.25, -0.2) is 0 Å². The first kappa shape index (κ1) is 15.3. The molecule has 1 saturated heterocycles. The fourth-order valence-electron chi connectivity index (χ4n) is 2.85. The van der Waals surface area contributed by atoms with E-state index in [-0.39, 0.29) is 24.2 Å². The molecule has 1 atom stereocenters. The van der Waals surface area contributed by atoms with Gasteiger partial charge in [0.25, 0.3) is 0 Å². The third kappa shape index (κ3) is 3.26. The molecule has 0 radical (unpaired) electrons. The average molecular weight is 308 g/mol. The predicted molar refractivity (Wildman–Crippen MR) is 91.4 cm³/mol. The van der Waals surface area contributed by atoms with Gasteiger partial charge in [-0.3, -0.25) is 9.59 Å². The van der Waals surface area contributed by atoms with Gasteiger partial charge in [0.15, 0.2) is 0 Å². The molecular weight excluding hydrogens is 288 g/mol. The Bertz CT molecular complexity index is 740. The molecule has 0 spiro atoms. The van der Waals surface area contributed by atoms with Crippen molar-refractivity contribution in [2.45, 2.75) is 20.3 Å². The maximum atomic E-state index is 12.5. The lowest BCUT2D eigenvalue weighted by Crippen LogP contribution is -2.28. The number of hydrogen-bond acceptors (Lipinski definition) is 2. The van der Waals surface area contributed by atoms with Crippen LogP contribution >= 0.6 is 0 Å². The van der Waals surface area contributed by atoms with Crippen LogP contribution in [0.4, 0.5) is 11.4 Å². The number of nitrogens with one attached hydrogen (secondary N) is 1. The summed E-state index contributed by atoms with van der Waals surface area (Å²) in [4.78, 5) is 26.4. The van der Waals surface area contributed by atoms with E-state index in [1.165, 1.54) is 0 Å². The second kappa shape index (κ2) is 6.24. The lowest BCUT2D eigenvalue weighted by Gasteiger charge is -2.17. The topological polar surface area (TPSA) is 49.4 Å². The van der Waals surface area contributed by atoms with Gasteiger partial charge in [0.2, 0.25) is 11.8 Å². The molecule has 3 rings (SSSR count). The number of aryl methyl sites for hydroxylation is 2. The Morgan fingerprint density at radius 2 is 1.87 bits per heavy atom. The lowest BCUT2D eigenvalue weighted by molar-refractivity contribution is -0.122. The first-order chi connectivity index (χ1) is 11.0. The SMILES string of the molecule is Cc1ccc(C)c(NC(=O)C2CC(=O)N(c3ccccc3)C2)c1. The van der Waals surface area contributed by atoms with Crippen molar-refractivity contribution in [3.8, 4) is 0 Å². The van der Waals surface area contributed by atoms with Crippen LogP contribution in [0.5, 0.6) is 0 Å². The van der Waals surface area contributed by atoms with E-state index >= 15 is 0 Å². The molecule has 1 fully saturated rings. The average Bonchev–Trinajstić information content (AvgIpc) is 2.94. The Kier molecular flexibility index (Phi) is 4.15. The molecule has 118 valence electrons. The zero-order valence-corrected chi connectivity index (χ0v) is 13.4. The molecular formula is C19H20N2O2. The highest BCUT2D eigenvalue weighted by molar-refractivity contribution is 6.03. The Hall–Kier alpha value is -2.62. The van der Waals surface area contributed by atoms with Crippen molar-refractivity contribution >= 4 is 23.2 Å². The number of para-hydroxylation sites is 1. The Morgan fingerprint density at radius 1 is 1.13 bits per heavy atom. The summed E-state index contributed by atoms with van der Waals surface area (Å²) in [7, 11) is 0. The van der Waals surface area contributed by atoms with E-state index in [1.807, 2.05) is 62.4 Å². The first-order valence-electron chi connectivity index (χ1n) is 7.78. The maximum absolute atomic E-state index is 12.5. The number of anilines is 2. The summed E-state index contributed by atoms with van der Waals surface area (Å²) < 4.78 is 0. The summed E-state index contributed by atoms with van der Waals surface area (Å²) >= 11 is 0. The molecule has 4 nitrogen and oxygen atoms in total. The second-order valence-corrected chi connectivity index (χ2v) is 6.05. The maximum Gasteiger partial charge on any atom is 0.229 e. The molecule has 1 unspecified atom stereocenters. The predicted octanol–water partition coefficient (Wildman–Crippen LogP) is 3.30. The molecule has 0 bridgehead atoms. The first-order valence-corrected chi connectivity index (χ1v) is 7.78. The molecule has 2 aromatic rings. The number of carbonyl (C=O) groups excluding carboxylic acids is 2. The van der Waals surface area contributed by atoms with Crippen LogP contribution in [0, 0.1) is 19.8 Å². The van der Waals surface area contributed by atoms with Gasteiger partial charge in [0.1, 0.15) is 0 Å². The minimum Gasteiger partial charge on any atom is -0.326 e. The van der Waals surface area contributed by atoms with Gasteiger partial charge < -0.3 is 10.2 Å². The summed E-state index contributed by atoms with van der Waals surface area (Å²) in [6.45, 7) is 4.38. The zero-order valence-electron chi connectivity index (χ0n) is 13.4. The van der Waals surface area contributed by atoms with Crippen molar-refractivity contribution in [1.82, 2.24) is 0 Å². The zero-order chi connectivity index (χ0) is 16.4. The number of carbonyl (C=O) groups is 2. The quantitative estimate of drug-likeness (QED) is 0.946. The fraction of sp³-hybridized carbons (Fsp3) is 0.263. The molecule has 2 amide bonds. The molecule has 0 aromatic heterocycles. The van der Waals surface area contributed by atoms with Crippen molar-refractivity contribution in [2.24, 2.45) is 5.92 Å². The highest BCUT2D eigenvalue weighted by Crippen LogP contribution is 2.26. The standard InChI is InChI=1S/C19H20N2O2/c1-13-8-9-14(2)17(10-13)20-19(23)15-11-18(22)21(12-15)16-6-4-3-5-7-16/h3-10,15H,11-12H2,1-2H3,(H,20,23). The third-order valence-corrected chi connectivity index (χ3v) is 4.21. The van der Waals surface area contributed by atoms with E-state index in [0.29, 0.717) is 6.54 Å². The van der Waals surface area contributed by atoms with Gasteiger partial charge in [-0.05, 0) is 43.2 Å². The number of rotatable bonds is 3. The summed E-state index contributed by atoms with van der Waals surface area (Å²) in [5.74, 6) is -0.412. The van der Waals surface area contributed by atoms with Crippen molar-refractivity contribution in [1.29, 1.82) is 0 Å². The molecule has 0 aliphatic carbocycles. The van der Waals surface area contributed by atoms with E-state index in [1.54, 1.807) is 4.90 Å². The monoisotopic (exact) mass is 308 g/mol. The van der Waals surface area contributed by atoms with Gasteiger partial charge in [0.05, 0.1) is 5.92 Å². The molecule has 4 heteroatoms. The summed E-state index contributed by atoms with van der Waals surface area (Å²) in [5.41, 5.74) is 3.78. The van der Waals surface area contributed by atoms with Crippen LogP contribution in [0.25, 0.3) is 0 Å². The Labute approximate surface area is 136 Å². The second-order valence-electron chi connectivity index (χ2n) is 6.05. The van der Waals surface area contributed by atoms with Crippen molar-refractivity contribution in [2.75, 3.05) is 16.8 Å². The van der Waals surface area contributed by atoms with E-state index in [2.05, 4.69) is 5.32 Å². The van der Waals surface area contributed by atoms with Crippen molar-refractivity contribution < 1.29 is 9.59 Å². The van der Waals surface area contributed by atoms with E-state index in [4.69, 9.17) is 0 Å². The fourth-order valence-corrected chi connectivity index (χ4v) is 2.85. The Balaban J connectivity index is 1.72. The van der Waals surface area contributed by atoms with Gasteiger partial charge in [-0.1, -0.05) is 30.3 Å². The summed E-state index contributed by atoms with van der Waals surface area (Å²) in [6.07, 6.45) is 0.256. The van der Waals surface area contributed by atoms with Gasteiger partial charge in [0, 0.05) is 24.3 Å². The van der Waals surface area contributed by atoms with Crippen LogP contribution in [0.15, 0.2) is 48.5 Å². The highest BCUT2D eigenvalue weighted by atomic mass is 16.2. The van der Waals surface area contributed by atoms with Crippen LogP contribution in [-0.4, -0.2) is 18.4 Å². The van der Waals surface area contributed by atoms with Crippen LogP contribution < -0.4 is 10.2 Å². The van der Waals surface area contributed by atoms with E-state index in [0.717, 1.165) is 22.5 Å². The van der Waals surface area contributed by atoms with Crippen molar-refractivity contribution in [3.05, 3.63) is 59.7 Å². The number of nitrogens with zero attached hydrogens (tertiary/aromatic N) is 1. The largest absolute Gasteiger partial charge is 0.326 e. The minimum absolute atomic E-state index is 0.00249. The molecule has 23 heavy (non-hydrogen) atoms. The van der Waals surface area contributed by atoms with Gasteiger partial charge in [-0.15, -0.1) is 0 Å². The smallest absolute Gasteiger partial charge is 0.229 e. The van der Waals surface area contributed by atoms with Gasteiger partial charge >= 0.3 is 0 Å². The normalized spacial score (nSPS) is 17.4. The number of amides is 2. The van der Waals surface area contributed by atoms with E-state index in [9.17, 15) is 9.59 Å². The molecule has 0 saturated carbocycles. The van der Waals surface area contributed by atoms with Crippen LogP contribution in [0.2, 0.25) is 0 Å². The van der Waals surface area contributed by atoms with Gasteiger partial charge in [-0.2, -0.15) is 0 Å². The highest BCUT2D eigenvalue weighted by Gasteiger charge is 2.35. The van der Waals surface area contributed by atoms with Crippen molar-refractivity contribution in [3.63, 3.8) is 0 Å². The Morgan fingerprint density at radius 3 is 2.61 bits per heavy atom. The molecule has 1 heterocycles. The third-order valence-electron chi connectivity index (χ3n) is 4.21. The van der Waals surface area contributed by atoms with Crippen LogP contribution in [0.1, 0.15) is 17.5 Å². The molecule has 1 N–H and O–H groups in total. The number of benzene rings is 2. The minimum atomic E-state index is -0.317. The van der Waals surface area contributed by atoms with E-state index < -0.39 is 0 Å². The van der Waals surface area contributed by atoms with Crippen LogP contribution in [0.3, 0.4) is 0 Å². The lowest BCUT2D eigenvalue weighted by atomic mass is 10.1. The van der Waals surface area contributed by atoms with Crippen LogP contribution in [-0.2, 0) is 9.59 Å². The summed E-state index contributed by atoms with van der Waals surface area (Å²) in [5, 5.41) is 2.97. The summed E-state index contributed by atoms with van der Waals surface area (Å²) in [6, 6.07) is 15.4. The molecule has 1 aliphatic rings. The molecule has 2 aromatic carbocycles. The molecule has 1 aliphatic heterocycles. The number of hydrogen-bond donors (Lipinski definition) is 1.